The Hall–Kier alpha value is -2.04. The number of nitrogens with one attached hydrogen (secondary N) is 2. The molecule has 0 spiro atoms. The van der Waals surface area contributed by atoms with Gasteiger partial charge in [0.25, 0.3) is 0 Å². The smallest absolute Gasteiger partial charge is 0.313 e. The Bertz CT molecular complexity index is 551. The Morgan fingerprint density at radius 3 is 2.46 bits per heavy atom. The van der Waals surface area contributed by atoms with E-state index in [1.54, 1.807) is 12.1 Å². The highest BCUT2D eigenvalue weighted by Gasteiger charge is 2.16. The summed E-state index contributed by atoms with van der Waals surface area (Å²) in [6, 6.07) is 7.12. The maximum absolute atomic E-state index is 12.0. The van der Waals surface area contributed by atoms with Gasteiger partial charge in [-0.2, -0.15) is 0 Å². The first-order valence-electron chi connectivity index (χ1n) is 10.0. The summed E-state index contributed by atoms with van der Waals surface area (Å²) < 4.78 is 5.63. The van der Waals surface area contributed by atoms with Gasteiger partial charge in [0.05, 0.1) is 6.61 Å². The Kier molecular flexibility index (Phi) is 9.01. The fourth-order valence-corrected chi connectivity index (χ4v) is 3.31. The molecule has 0 radical (unpaired) electrons. The molecule has 0 aliphatic heterocycles. The molecular weight excluding hydrogens is 328 g/mol. The number of anilines is 1. The zero-order valence-corrected chi connectivity index (χ0v) is 15.9. The average Bonchev–Trinajstić information content (AvgIpc) is 2.67. The molecule has 1 aliphatic carbocycles. The minimum atomic E-state index is -0.620. The van der Waals surface area contributed by atoms with Gasteiger partial charge in [0.1, 0.15) is 5.75 Å². The second kappa shape index (κ2) is 11.6. The zero-order chi connectivity index (χ0) is 18.6. The molecule has 2 amide bonds. The molecule has 0 unspecified atom stereocenters. The van der Waals surface area contributed by atoms with Crippen LogP contribution in [0.15, 0.2) is 24.3 Å². The van der Waals surface area contributed by atoms with Crippen molar-refractivity contribution in [3.8, 4) is 5.75 Å². The largest absolute Gasteiger partial charge is 0.494 e. The van der Waals surface area contributed by atoms with Crippen LogP contribution in [0.2, 0.25) is 0 Å². The number of hydrogen-bond acceptors (Lipinski definition) is 3. The Morgan fingerprint density at radius 1 is 1.04 bits per heavy atom. The Morgan fingerprint density at radius 2 is 1.77 bits per heavy atom. The van der Waals surface area contributed by atoms with Crippen molar-refractivity contribution in [3.63, 3.8) is 0 Å². The third-order valence-electron chi connectivity index (χ3n) is 4.90. The van der Waals surface area contributed by atoms with Crippen LogP contribution in [0.4, 0.5) is 5.69 Å². The number of amides is 2. The maximum atomic E-state index is 12.0. The number of unbranched alkanes of at least 4 members (excludes halogenated alkanes) is 2. The summed E-state index contributed by atoms with van der Waals surface area (Å²) in [5.41, 5.74) is 0.596. The fraction of sp³-hybridized carbons (Fsp3) is 0.619. The highest BCUT2D eigenvalue weighted by atomic mass is 16.5. The topological polar surface area (TPSA) is 67.4 Å². The summed E-state index contributed by atoms with van der Waals surface area (Å²) in [7, 11) is 0. The molecule has 1 saturated carbocycles. The summed E-state index contributed by atoms with van der Waals surface area (Å²) in [6.45, 7) is 3.42. The first-order valence-corrected chi connectivity index (χ1v) is 10.0. The van der Waals surface area contributed by atoms with Gasteiger partial charge >= 0.3 is 11.8 Å². The van der Waals surface area contributed by atoms with Crippen molar-refractivity contribution in [2.75, 3.05) is 18.5 Å². The lowest BCUT2D eigenvalue weighted by atomic mass is 9.87. The van der Waals surface area contributed by atoms with E-state index in [0.29, 0.717) is 24.8 Å². The van der Waals surface area contributed by atoms with Crippen molar-refractivity contribution in [1.29, 1.82) is 0 Å². The van der Waals surface area contributed by atoms with Gasteiger partial charge in [0.15, 0.2) is 0 Å². The predicted molar refractivity (Wildman–Crippen MR) is 104 cm³/mol. The molecule has 1 aliphatic rings. The molecule has 26 heavy (non-hydrogen) atoms. The van der Waals surface area contributed by atoms with Crippen LogP contribution in [-0.2, 0) is 9.59 Å². The van der Waals surface area contributed by atoms with E-state index in [2.05, 4.69) is 17.6 Å². The van der Waals surface area contributed by atoms with Gasteiger partial charge in [-0.05, 0) is 43.0 Å². The molecule has 0 atom stereocenters. The molecule has 144 valence electrons. The van der Waals surface area contributed by atoms with E-state index in [1.165, 1.54) is 32.1 Å². The van der Waals surface area contributed by atoms with E-state index in [4.69, 9.17) is 4.74 Å². The van der Waals surface area contributed by atoms with Crippen molar-refractivity contribution >= 4 is 17.5 Å². The molecule has 2 N–H and O–H groups in total. The van der Waals surface area contributed by atoms with Gasteiger partial charge in [0.2, 0.25) is 0 Å². The van der Waals surface area contributed by atoms with E-state index < -0.39 is 11.8 Å². The van der Waals surface area contributed by atoms with Crippen LogP contribution >= 0.6 is 0 Å². The quantitative estimate of drug-likeness (QED) is 0.510. The summed E-state index contributed by atoms with van der Waals surface area (Å²) >= 11 is 0. The first-order chi connectivity index (χ1) is 12.7. The van der Waals surface area contributed by atoms with Crippen LogP contribution in [0.25, 0.3) is 0 Å². The average molecular weight is 360 g/mol. The first kappa shape index (κ1) is 20.3. The molecule has 0 heterocycles. The van der Waals surface area contributed by atoms with Gasteiger partial charge in [0, 0.05) is 12.2 Å². The van der Waals surface area contributed by atoms with E-state index in [9.17, 15) is 9.59 Å². The zero-order valence-electron chi connectivity index (χ0n) is 15.9. The predicted octanol–water partition coefficient (Wildman–Crippen LogP) is 4.28. The third kappa shape index (κ3) is 7.46. The second-order valence-corrected chi connectivity index (χ2v) is 7.08. The number of hydrogen-bond donors (Lipinski definition) is 2. The van der Waals surface area contributed by atoms with E-state index >= 15 is 0 Å². The Labute approximate surface area is 156 Å². The van der Waals surface area contributed by atoms with E-state index in [0.717, 1.165) is 31.4 Å². The number of benzene rings is 1. The van der Waals surface area contributed by atoms with E-state index in [-0.39, 0.29) is 0 Å². The minimum Gasteiger partial charge on any atom is -0.494 e. The maximum Gasteiger partial charge on any atom is 0.313 e. The van der Waals surface area contributed by atoms with Crippen molar-refractivity contribution < 1.29 is 14.3 Å². The summed E-state index contributed by atoms with van der Waals surface area (Å²) in [6.07, 6.45) is 10.7. The van der Waals surface area contributed by atoms with Crippen molar-refractivity contribution in [1.82, 2.24) is 5.32 Å². The molecule has 1 fully saturated rings. The van der Waals surface area contributed by atoms with Crippen molar-refractivity contribution in [2.24, 2.45) is 5.92 Å². The van der Waals surface area contributed by atoms with Crippen molar-refractivity contribution in [3.05, 3.63) is 24.3 Å². The molecule has 0 bridgehead atoms. The lowest BCUT2D eigenvalue weighted by Gasteiger charge is -2.21. The molecule has 5 nitrogen and oxygen atoms in total. The van der Waals surface area contributed by atoms with Crippen LogP contribution < -0.4 is 15.4 Å². The lowest BCUT2D eigenvalue weighted by Crippen LogP contribution is -2.36. The standard InChI is InChI=1S/C21H32N2O3/c1-2-3-7-16-26-19-12-10-18(11-13-19)23-21(25)20(24)22-15-14-17-8-5-4-6-9-17/h10-13,17H,2-9,14-16H2,1H3,(H,22,24)(H,23,25). The molecule has 5 heteroatoms. The molecular formula is C21H32N2O3. The normalized spacial score (nSPS) is 14.7. The second-order valence-electron chi connectivity index (χ2n) is 7.08. The van der Waals surface area contributed by atoms with Gasteiger partial charge < -0.3 is 15.4 Å². The summed E-state index contributed by atoms with van der Waals surface area (Å²) in [5.74, 6) is 0.277. The van der Waals surface area contributed by atoms with Crippen LogP contribution in [0.1, 0.15) is 64.7 Å². The van der Waals surface area contributed by atoms with Crippen molar-refractivity contribution in [2.45, 2.75) is 64.7 Å². The summed E-state index contributed by atoms with van der Waals surface area (Å²) in [4.78, 5) is 23.9. The SMILES string of the molecule is CCCCCOc1ccc(NC(=O)C(=O)NCCC2CCCCC2)cc1. The van der Waals surface area contributed by atoms with E-state index in [1.807, 2.05) is 12.1 Å². The minimum absolute atomic E-state index is 0.569. The molecule has 0 saturated heterocycles. The monoisotopic (exact) mass is 360 g/mol. The summed E-state index contributed by atoms with van der Waals surface area (Å²) in [5, 5.41) is 5.35. The van der Waals surface area contributed by atoms with Crippen LogP contribution in [-0.4, -0.2) is 25.0 Å². The highest BCUT2D eigenvalue weighted by molar-refractivity contribution is 6.39. The third-order valence-corrected chi connectivity index (χ3v) is 4.90. The molecule has 1 aromatic rings. The highest BCUT2D eigenvalue weighted by Crippen LogP contribution is 2.25. The number of carbonyl (C=O) groups is 2. The van der Waals surface area contributed by atoms with Crippen LogP contribution in [0.3, 0.4) is 0 Å². The van der Waals surface area contributed by atoms with Gasteiger partial charge in [-0.25, -0.2) is 0 Å². The van der Waals surface area contributed by atoms with Gasteiger partial charge in [-0.1, -0.05) is 51.9 Å². The Balaban J connectivity index is 1.66. The molecule has 0 aromatic heterocycles. The fourth-order valence-electron chi connectivity index (χ4n) is 3.31. The van der Waals surface area contributed by atoms with Crippen LogP contribution in [0.5, 0.6) is 5.75 Å². The molecule has 2 rings (SSSR count). The lowest BCUT2D eigenvalue weighted by molar-refractivity contribution is -0.136. The number of ether oxygens (including phenoxy) is 1. The number of rotatable bonds is 9. The molecule has 1 aromatic carbocycles. The van der Waals surface area contributed by atoms with Gasteiger partial charge in [-0.3, -0.25) is 9.59 Å². The number of carbonyl (C=O) groups excluding carboxylic acids is 2. The van der Waals surface area contributed by atoms with Crippen LogP contribution in [0, 0.1) is 5.92 Å². The van der Waals surface area contributed by atoms with Gasteiger partial charge in [-0.15, -0.1) is 0 Å².